The third-order valence-electron chi connectivity index (χ3n) is 2.81. The predicted molar refractivity (Wildman–Crippen MR) is 72.8 cm³/mol. The molecule has 0 saturated heterocycles. The van der Waals surface area contributed by atoms with Crippen LogP contribution >= 0.6 is 0 Å². The lowest BCUT2D eigenvalue weighted by molar-refractivity contribution is -0.132. The molecule has 0 aromatic carbocycles. The lowest BCUT2D eigenvalue weighted by atomic mass is 10.1. The molecule has 0 amide bonds. The largest absolute Gasteiger partial charge is 0.390 e. The monoisotopic (exact) mass is 293 g/mol. The lowest BCUT2D eigenvalue weighted by Crippen LogP contribution is -2.38. The molecule has 4 nitrogen and oxygen atoms in total. The number of ether oxygens (including phenoxy) is 1. The first-order chi connectivity index (χ1) is 9.51. The predicted octanol–water partition coefficient (Wildman–Crippen LogP) is 2.23. The zero-order valence-electron chi connectivity index (χ0n) is 11.7. The average Bonchev–Trinajstić information content (AvgIpc) is 2.38. The van der Waals surface area contributed by atoms with Crippen molar-refractivity contribution in [2.24, 2.45) is 4.99 Å². The zero-order valence-corrected chi connectivity index (χ0v) is 11.7. The molecule has 0 spiro atoms. The highest BCUT2D eigenvalue weighted by atomic mass is 19.4. The van der Waals surface area contributed by atoms with E-state index in [0.717, 1.165) is 19.4 Å². The van der Waals surface area contributed by atoms with Gasteiger partial charge in [-0.15, -0.1) is 0 Å². The molecule has 0 atom stereocenters. The van der Waals surface area contributed by atoms with Crippen LogP contribution in [0.5, 0.6) is 0 Å². The third kappa shape index (κ3) is 8.04. The van der Waals surface area contributed by atoms with Crippen LogP contribution in [0.25, 0.3) is 0 Å². The van der Waals surface area contributed by atoms with E-state index < -0.39 is 12.6 Å². The minimum absolute atomic E-state index is 0.255. The molecular weight excluding hydrogens is 271 g/mol. The maximum atomic E-state index is 12.1. The van der Waals surface area contributed by atoms with Crippen molar-refractivity contribution in [1.82, 2.24) is 10.6 Å². The number of aliphatic imine (C=N–C) groups is 1. The maximum Gasteiger partial charge on any atom is 0.390 e. The molecule has 0 bridgehead atoms. The third-order valence-corrected chi connectivity index (χ3v) is 2.81. The van der Waals surface area contributed by atoms with Crippen molar-refractivity contribution < 1.29 is 17.9 Å². The van der Waals surface area contributed by atoms with Crippen molar-refractivity contribution in [2.45, 2.75) is 32.4 Å². The lowest BCUT2D eigenvalue weighted by Gasteiger charge is -2.15. The van der Waals surface area contributed by atoms with Crippen LogP contribution in [0, 0.1) is 0 Å². The van der Waals surface area contributed by atoms with E-state index >= 15 is 0 Å². The number of guanidine groups is 1. The van der Waals surface area contributed by atoms with Gasteiger partial charge in [0, 0.05) is 13.1 Å². The summed E-state index contributed by atoms with van der Waals surface area (Å²) in [4.78, 5) is 3.91. The second kappa shape index (κ2) is 8.84. The number of rotatable bonds is 6. The van der Waals surface area contributed by atoms with Crippen molar-refractivity contribution >= 4 is 5.96 Å². The fourth-order valence-electron chi connectivity index (χ4n) is 1.77. The first-order valence-electron chi connectivity index (χ1n) is 6.86. The van der Waals surface area contributed by atoms with Gasteiger partial charge < -0.3 is 15.4 Å². The van der Waals surface area contributed by atoms with Crippen LogP contribution in [0.15, 0.2) is 16.6 Å². The minimum atomic E-state index is -4.16. The Morgan fingerprint density at radius 1 is 1.40 bits per heavy atom. The second-order valence-electron chi connectivity index (χ2n) is 4.49. The van der Waals surface area contributed by atoms with Gasteiger partial charge in [-0.05, 0) is 19.8 Å². The van der Waals surface area contributed by atoms with Crippen LogP contribution in [-0.2, 0) is 4.74 Å². The molecule has 0 radical (unpaired) electrons. The van der Waals surface area contributed by atoms with Crippen molar-refractivity contribution in [3.8, 4) is 0 Å². The van der Waals surface area contributed by atoms with Crippen LogP contribution in [0.1, 0.15) is 26.2 Å². The highest BCUT2D eigenvalue weighted by molar-refractivity contribution is 5.79. The summed E-state index contributed by atoms with van der Waals surface area (Å²) in [6.45, 7) is 4.29. The molecule has 1 rings (SSSR count). The maximum absolute atomic E-state index is 12.1. The van der Waals surface area contributed by atoms with Crippen molar-refractivity contribution in [2.75, 3.05) is 32.8 Å². The molecule has 1 heterocycles. The van der Waals surface area contributed by atoms with Crippen LogP contribution in [-0.4, -0.2) is 45.0 Å². The summed E-state index contributed by atoms with van der Waals surface area (Å²) in [5.74, 6) is 0.435. The van der Waals surface area contributed by atoms with Crippen LogP contribution < -0.4 is 10.6 Å². The van der Waals surface area contributed by atoms with Gasteiger partial charge in [-0.2, -0.15) is 13.2 Å². The summed E-state index contributed by atoms with van der Waals surface area (Å²) >= 11 is 0. The van der Waals surface area contributed by atoms with E-state index in [0.29, 0.717) is 25.7 Å². The smallest absolute Gasteiger partial charge is 0.377 e. The SMILES string of the molecule is CCNC(=NCCC(F)(F)F)NCCC1=CCOCC1. The molecule has 116 valence electrons. The molecule has 20 heavy (non-hydrogen) atoms. The van der Waals surface area contributed by atoms with E-state index in [1.165, 1.54) is 5.57 Å². The summed E-state index contributed by atoms with van der Waals surface area (Å²) in [6.07, 6.45) is -1.23. The summed E-state index contributed by atoms with van der Waals surface area (Å²) in [7, 11) is 0. The fraction of sp³-hybridized carbons (Fsp3) is 0.769. The minimum Gasteiger partial charge on any atom is -0.377 e. The number of hydrogen-bond donors (Lipinski definition) is 2. The Kier molecular flexibility index (Phi) is 7.43. The molecule has 7 heteroatoms. The Bertz CT molecular complexity index is 340. The summed E-state index contributed by atoms with van der Waals surface area (Å²) in [5, 5.41) is 5.98. The Morgan fingerprint density at radius 3 is 2.80 bits per heavy atom. The molecule has 1 aliphatic rings. The highest BCUT2D eigenvalue weighted by Crippen LogP contribution is 2.18. The first kappa shape index (κ1) is 16.8. The highest BCUT2D eigenvalue weighted by Gasteiger charge is 2.26. The topological polar surface area (TPSA) is 45.7 Å². The summed E-state index contributed by atoms with van der Waals surface area (Å²) in [5.41, 5.74) is 1.31. The molecule has 0 aromatic rings. The Labute approximate surface area is 117 Å². The van der Waals surface area contributed by atoms with E-state index in [2.05, 4.69) is 21.7 Å². The molecule has 0 aromatic heterocycles. The van der Waals surface area contributed by atoms with Gasteiger partial charge in [-0.1, -0.05) is 11.6 Å². The Balaban J connectivity index is 2.30. The number of nitrogens with one attached hydrogen (secondary N) is 2. The first-order valence-corrected chi connectivity index (χ1v) is 6.86. The van der Waals surface area contributed by atoms with E-state index in [4.69, 9.17) is 4.74 Å². The van der Waals surface area contributed by atoms with Crippen LogP contribution in [0.2, 0.25) is 0 Å². The number of alkyl halides is 3. The summed E-state index contributed by atoms with van der Waals surface area (Å²) in [6, 6.07) is 0. The zero-order chi connectivity index (χ0) is 14.8. The molecule has 0 saturated carbocycles. The number of nitrogens with zero attached hydrogens (tertiary/aromatic N) is 1. The molecular formula is C13H22F3N3O. The molecule has 0 fully saturated rings. The van der Waals surface area contributed by atoms with Crippen molar-refractivity contribution in [1.29, 1.82) is 0 Å². The molecule has 1 aliphatic heterocycles. The average molecular weight is 293 g/mol. The van der Waals surface area contributed by atoms with Gasteiger partial charge in [0.05, 0.1) is 26.2 Å². The molecule has 2 N–H and O–H groups in total. The van der Waals surface area contributed by atoms with Crippen LogP contribution in [0.3, 0.4) is 0 Å². The second-order valence-corrected chi connectivity index (χ2v) is 4.49. The van der Waals surface area contributed by atoms with Gasteiger partial charge in [-0.25, -0.2) is 0 Å². The summed E-state index contributed by atoms with van der Waals surface area (Å²) < 4.78 is 41.4. The van der Waals surface area contributed by atoms with E-state index in [9.17, 15) is 13.2 Å². The normalized spacial score (nSPS) is 16.8. The quantitative estimate of drug-likeness (QED) is 0.448. The van der Waals surface area contributed by atoms with Gasteiger partial charge in [-0.3, -0.25) is 4.99 Å². The number of halogens is 3. The van der Waals surface area contributed by atoms with Gasteiger partial charge >= 0.3 is 6.18 Å². The van der Waals surface area contributed by atoms with Gasteiger partial charge in [0.2, 0.25) is 0 Å². The molecule has 0 aliphatic carbocycles. The Hall–Kier alpha value is -1.24. The fourth-order valence-corrected chi connectivity index (χ4v) is 1.77. The van der Waals surface area contributed by atoms with Gasteiger partial charge in [0.25, 0.3) is 0 Å². The van der Waals surface area contributed by atoms with E-state index in [1.807, 2.05) is 6.92 Å². The van der Waals surface area contributed by atoms with Crippen LogP contribution in [0.4, 0.5) is 13.2 Å². The Morgan fingerprint density at radius 2 is 2.20 bits per heavy atom. The van der Waals surface area contributed by atoms with Crippen molar-refractivity contribution in [3.05, 3.63) is 11.6 Å². The van der Waals surface area contributed by atoms with E-state index in [1.54, 1.807) is 0 Å². The van der Waals surface area contributed by atoms with Gasteiger partial charge in [0.15, 0.2) is 5.96 Å². The van der Waals surface area contributed by atoms with E-state index in [-0.39, 0.29) is 6.54 Å². The standard InChI is InChI=1S/C13H22F3N3O/c1-2-17-12(19-8-6-13(14,15)16)18-7-3-11-4-9-20-10-5-11/h4H,2-3,5-10H2,1H3,(H2,17,18,19). The molecule has 0 unspecified atom stereocenters. The van der Waals surface area contributed by atoms with Gasteiger partial charge in [0.1, 0.15) is 0 Å². The van der Waals surface area contributed by atoms with Crippen molar-refractivity contribution in [3.63, 3.8) is 0 Å². The number of hydrogen-bond acceptors (Lipinski definition) is 2.